The molecule has 0 bridgehead atoms. The number of carbonyl (C=O) groups excluding carboxylic acids is 1. The molecule has 36 heavy (non-hydrogen) atoms. The molecule has 6 nitrogen and oxygen atoms in total. The molecule has 1 saturated heterocycles. The van der Waals surface area contributed by atoms with Crippen LogP contribution in [0.15, 0.2) is 73.1 Å². The molecule has 2 aromatic heterocycles. The van der Waals surface area contributed by atoms with Gasteiger partial charge in [0.15, 0.2) is 11.5 Å². The summed E-state index contributed by atoms with van der Waals surface area (Å²) in [5.41, 5.74) is 5.48. The summed E-state index contributed by atoms with van der Waals surface area (Å²) in [5, 5.41) is 0. The Balaban J connectivity index is 1.22. The molecular formula is C30H31N3O3. The van der Waals surface area contributed by atoms with E-state index in [2.05, 4.69) is 63.7 Å². The van der Waals surface area contributed by atoms with Gasteiger partial charge in [-0.15, -0.1) is 0 Å². The van der Waals surface area contributed by atoms with Gasteiger partial charge in [-0.3, -0.25) is 4.79 Å². The summed E-state index contributed by atoms with van der Waals surface area (Å²) >= 11 is 0. The molecule has 1 amide bonds. The average Bonchev–Trinajstić information content (AvgIpc) is 3.54. The van der Waals surface area contributed by atoms with Crippen molar-refractivity contribution >= 4 is 11.6 Å². The number of piperidine rings is 1. The first kappa shape index (κ1) is 22.7. The Morgan fingerprint density at radius 1 is 1.03 bits per heavy atom. The Morgan fingerprint density at radius 3 is 2.67 bits per heavy atom. The maximum absolute atomic E-state index is 13.6. The zero-order valence-corrected chi connectivity index (χ0v) is 20.6. The van der Waals surface area contributed by atoms with Crippen LogP contribution in [0, 0.1) is 12.8 Å². The van der Waals surface area contributed by atoms with Crippen LogP contribution in [0.2, 0.25) is 0 Å². The van der Waals surface area contributed by atoms with E-state index in [1.54, 1.807) is 0 Å². The van der Waals surface area contributed by atoms with Gasteiger partial charge < -0.3 is 18.8 Å². The zero-order chi connectivity index (χ0) is 24.5. The van der Waals surface area contributed by atoms with E-state index in [0.29, 0.717) is 12.3 Å². The van der Waals surface area contributed by atoms with Crippen molar-refractivity contribution in [3.05, 3.63) is 95.4 Å². The molecule has 2 aromatic carbocycles. The van der Waals surface area contributed by atoms with E-state index < -0.39 is 0 Å². The third kappa shape index (κ3) is 4.55. The van der Waals surface area contributed by atoms with E-state index in [-0.39, 0.29) is 18.6 Å². The van der Waals surface area contributed by atoms with E-state index in [1.165, 1.54) is 5.56 Å². The number of carbonyl (C=O) groups is 1. The molecule has 4 aromatic rings. The summed E-state index contributed by atoms with van der Waals surface area (Å²) in [5.74, 6) is 2.17. The number of fused-ring (bicyclic) bond motifs is 2. The summed E-state index contributed by atoms with van der Waals surface area (Å²) in [6, 6.07) is 20.8. The predicted molar refractivity (Wildman–Crippen MR) is 138 cm³/mol. The molecule has 2 aliphatic rings. The van der Waals surface area contributed by atoms with Crippen molar-refractivity contribution in [2.45, 2.75) is 38.5 Å². The number of likely N-dealkylation sites (tertiary alicyclic amines) is 1. The van der Waals surface area contributed by atoms with Gasteiger partial charge in [-0.25, -0.2) is 4.98 Å². The van der Waals surface area contributed by atoms with Gasteiger partial charge in [0, 0.05) is 37.8 Å². The second kappa shape index (κ2) is 9.69. The second-order valence-electron chi connectivity index (χ2n) is 10.00. The Labute approximate surface area is 211 Å². The highest BCUT2D eigenvalue weighted by Gasteiger charge is 2.29. The van der Waals surface area contributed by atoms with Gasteiger partial charge >= 0.3 is 0 Å². The molecule has 1 atom stereocenters. The van der Waals surface area contributed by atoms with Gasteiger partial charge in [0.25, 0.3) is 0 Å². The largest absolute Gasteiger partial charge is 0.454 e. The average molecular weight is 482 g/mol. The van der Waals surface area contributed by atoms with E-state index in [9.17, 15) is 4.79 Å². The number of benzene rings is 2. The standard InChI is InChI=1S/C30H31N3O3/c1-21-9-14-33-26(19-31-29(33)15-21)25(24-7-8-27-28(17-24)36-20-35-27)18-30(34)32-12-10-23(11-13-32)16-22-5-3-2-4-6-22/h2-9,14-15,17,19,23,25H,10-13,16,18,20H2,1H3. The fourth-order valence-corrected chi connectivity index (χ4v) is 5.52. The van der Waals surface area contributed by atoms with Gasteiger partial charge in [0.2, 0.25) is 12.7 Å². The summed E-state index contributed by atoms with van der Waals surface area (Å²) < 4.78 is 13.3. The van der Waals surface area contributed by atoms with Gasteiger partial charge in [-0.05, 0) is 73.1 Å². The summed E-state index contributed by atoms with van der Waals surface area (Å²) in [4.78, 5) is 20.3. The van der Waals surface area contributed by atoms with E-state index in [0.717, 1.165) is 66.3 Å². The first-order chi connectivity index (χ1) is 17.6. The second-order valence-corrected chi connectivity index (χ2v) is 10.00. The highest BCUT2D eigenvalue weighted by Crippen LogP contribution is 2.38. The predicted octanol–water partition coefficient (Wildman–Crippen LogP) is 5.37. The number of imidazole rings is 1. The van der Waals surface area contributed by atoms with Crippen molar-refractivity contribution in [2.24, 2.45) is 5.92 Å². The minimum atomic E-state index is -0.133. The zero-order valence-electron chi connectivity index (χ0n) is 20.6. The van der Waals surface area contributed by atoms with Crippen LogP contribution < -0.4 is 9.47 Å². The summed E-state index contributed by atoms with van der Waals surface area (Å²) in [6.07, 6.45) is 7.53. The summed E-state index contributed by atoms with van der Waals surface area (Å²) in [6.45, 7) is 3.93. The highest BCUT2D eigenvalue weighted by molar-refractivity contribution is 5.78. The number of ether oxygens (including phenoxy) is 2. The van der Waals surface area contributed by atoms with Crippen LogP contribution >= 0.6 is 0 Å². The van der Waals surface area contributed by atoms with Crippen LogP contribution in [0.25, 0.3) is 5.65 Å². The molecule has 2 aliphatic heterocycles. The van der Waals surface area contributed by atoms with Crippen LogP contribution in [0.1, 0.15) is 47.6 Å². The topological polar surface area (TPSA) is 56.1 Å². The number of pyridine rings is 1. The Kier molecular flexibility index (Phi) is 6.09. The molecule has 0 aliphatic carbocycles. The van der Waals surface area contributed by atoms with Crippen molar-refractivity contribution in [1.29, 1.82) is 0 Å². The highest BCUT2D eigenvalue weighted by atomic mass is 16.7. The van der Waals surface area contributed by atoms with Crippen LogP contribution in [0.3, 0.4) is 0 Å². The molecule has 184 valence electrons. The van der Waals surface area contributed by atoms with Crippen LogP contribution in [0.5, 0.6) is 11.5 Å². The van der Waals surface area contributed by atoms with E-state index in [1.807, 2.05) is 30.6 Å². The molecular weight excluding hydrogens is 450 g/mol. The van der Waals surface area contributed by atoms with Crippen molar-refractivity contribution in [1.82, 2.24) is 14.3 Å². The first-order valence-electron chi connectivity index (χ1n) is 12.8. The van der Waals surface area contributed by atoms with E-state index in [4.69, 9.17) is 9.47 Å². The van der Waals surface area contributed by atoms with Crippen LogP contribution in [-0.4, -0.2) is 40.1 Å². The van der Waals surface area contributed by atoms with Gasteiger partial charge in [-0.1, -0.05) is 36.4 Å². The van der Waals surface area contributed by atoms with Crippen LogP contribution in [-0.2, 0) is 11.2 Å². The van der Waals surface area contributed by atoms with Gasteiger partial charge in [0.1, 0.15) is 5.65 Å². The van der Waals surface area contributed by atoms with E-state index >= 15 is 0 Å². The van der Waals surface area contributed by atoms with Gasteiger partial charge in [-0.2, -0.15) is 0 Å². The molecule has 1 fully saturated rings. The molecule has 0 radical (unpaired) electrons. The number of nitrogens with zero attached hydrogens (tertiary/aromatic N) is 3. The fourth-order valence-electron chi connectivity index (χ4n) is 5.52. The Morgan fingerprint density at radius 2 is 1.83 bits per heavy atom. The monoisotopic (exact) mass is 481 g/mol. The molecule has 0 saturated carbocycles. The molecule has 6 rings (SSSR count). The van der Waals surface area contributed by atoms with Gasteiger partial charge in [0.05, 0.1) is 5.69 Å². The lowest BCUT2D eigenvalue weighted by atomic mass is 9.88. The lowest BCUT2D eigenvalue weighted by molar-refractivity contribution is -0.132. The quantitative estimate of drug-likeness (QED) is 0.371. The Hall–Kier alpha value is -3.80. The number of rotatable bonds is 6. The van der Waals surface area contributed by atoms with Crippen molar-refractivity contribution in [2.75, 3.05) is 19.9 Å². The molecule has 0 N–H and O–H groups in total. The number of amides is 1. The summed E-state index contributed by atoms with van der Waals surface area (Å²) in [7, 11) is 0. The minimum absolute atomic E-state index is 0.133. The van der Waals surface area contributed by atoms with Crippen molar-refractivity contribution in [3.63, 3.8) is 0 Å². The molecule has 0 spiro atoms. The SMILES string of the molecule is Cc1ccn2c(C(CC(=O)N3CCC(Cc4ccccc4)CC3)c3ccc4c(c3)OCO4)cnc2c1. The maximum atomic E-state index is 13.6. The normalized spacial score (nSPS) is 16.4. The third-order valence-corrected chi connectivity index (χ3v) is 7.57. The van der Waals surface area contributed by atoms with Crippen molar-refractivity contribution < 1.29 is 14.3 Å². The molecule has 6 heteroatoms. The lowest BCUT2D eigenvalue weighted by Gasteiger charge is -2.33. The number of hydrogen-bond acceptors (Lipinski definition) is 4. The minimum Gasteiger partial charge on any atom is -0.454 e. The number of aromatic nitrogens is 2. The van der Waals surface area contributed by atoms with Crippen molar-refractivity contribution in [3.8, 4) is 11.5 Å². The molecule has 1 unspecified atom stereocenters. The maximum Gasteiger partial charge on any atom is 0.231 e. The van der Waals surface area contributed by atoms with Crippen LogP contribution in [0.4, 0.5) is 0 Å². The number of hydrogen-bond donors (Lipinski definition) is 0. The smallest absolute Gasteiger partial charge is 0.231 e. The Bertz CT molecular complexity index is 1370. The first-order valence-corrected chi connectivity index (χ1v) is 12.8. The lowest BCUT2D eigenvalue weighted by Crippen LogP contribution is -2.39. The third-order valence-electron chi connectivity index (χ3n) is 7.57. The molecule has 4 heterocycles. The fraction of sp³-hybridized carbons (Fsp3) is 0.333. The number of aryl methyl sites for hydroxylation is 1.